The zero-order valence-electron chi connectivity index (χ0n) is 28.8. The Morgan fingerprint density at radius 1 is 0.340 bits per heavy atom. The lowest BCUT2D eigenvalue weighted by molar-refractivity contribution is 1.18. The Labute approximate surface area is 311 Å². The summed E-state index contributed by atoms with van der Waals surface area (Å²) in [6, 6.07) is 70.9. The summed E-state index contributed by atoms with van der Waals surface area (Å²) in [4.78, 5) is 2.36. The summed E-state index contributed by atoms with van der Waals surface area (Å²) in [5.41, 5.74) is 9.44. The molecule has 0 unspecified atom stereocenters. The van der Waals surface area contributed by atoms with Crippen LogP contribution in [0.3, 0.4) is 0 Å². The number of nitrogens with zero attached hydrogens (tertiary/aromatic N) is 2. The minimum Gasteiger partial charge on any atom is -0.310 e. The first-order valence-corrected chi connectivity index (χ1v) is 18.9. The zero-order chi connectivity index (χ0) is 34.9. The van der Waals surface area contributed by atoms with E-state index >= 15 is 0 Å². The molecule has 248 valence electrons. The van der Waals surface area contributed by atoms with Gasteiger partial charge in [-0.25, -0.2) is 0 Å². The molecule has 0 aliphatic rings. The van der Waals surface area contributed by atoms with Crippen LogP contribution in [-0.4, -0.2) is 4.57 Å². The third-order valence-electron chi connectivity index (χ3n) is 10.7. The van der Waals surface area contributed by atoms with Crippen molar-refractivity contribution in [1.29, 1.82) is 0 Å². The number of para-hydroxylation sites is 3. The molecule has 0 bridgehead atoms. The molecule has 0 aliphatic heterocycles. The number of benzene rings is 9. The van der Waals surface area contributed by atoms with Gasteiger partial charge in [0.25, 0.3) is 0 Å². The van der Waals surface area contributed by atoms with E-state index in [4.69, 9.17) is 0 Å². The molecular weight excluding hydrogens is 661 g/mol. The second-order valence-corrected chi connectivity index (χ2v) is 14.9. The molecule has 9 aromatic carbocycles. The summed E-state index contributed by atoms with van der Waals surface area (Å²) in [6.45, 7) is 0. The topological polar surface area (TPSA) is 8.17 Å². The summed E-state index contributed by atoms with van der Waals surface area (Å²) in [5, 5.41) is 10.2. The Balaban J connectivity index is 1.03. The van der Waals surface area contributed by atoms with Crippen LogP contribution in [0.15, 0.2) is 194 Å². The van der Waals surface area contributed by atoms with Gasteiger partial charge in [0.2, 0.25) is 0 Å². The molecule has 0 radical (unpaired) electrons. The molecule has 0 saturated carbocycles. The average Bonchev–Trinajstić information content (AvgIpc) is 3.76. The van der Waals surface area contributed by atoms with E-state index in [-0.39, 0.29) is 0 Å². The fourth-order valence-corrected chi connectivity index (χ4v) is 9.39. The van der Waals surface area contributed by atoms with Gasteiger partial charge in [-0.3, -0.25) is 0 Å². The molecule has 0 fully saturated rings. The van der Waals surface area contributed by atoms with E-state index in [1.165, 1.54) is 80.3 Å². The van der Waals surface area contributed by atoms with Gasteiger partial charge >= 0.3 is 0 Å². The van der Waals surface area contributed by atoms with Crippen molar-refractivity contribution in [3.05, 3.63) is 194 Å². The fourth-order valence-electron chi connectivity index (χ4n) is 8.24. The van der Waals surface area contributed by atoms with E-state index in [1.54, 1.807) is 0 Å². The van der Waals surface area contributed by atoms with Crippen LogP contribution in [0.5, 0.6) is 0 Å². The van der Waals surface area contributed by atoms with E-state index in [0.29, 0.717) is 0 Å². The van der Waals surface area contributed by atoms with Gasteiger partial charge in [0.15, 0.2) is 0 Å². The van der Waals surface area contributed by atoms with Crippen LogP contribution < -0.4 is 4.90 Å². The smallest absolute Gasteiger partial charge is 0.0547 e. The second kappa shape index (κ2) is 11.9. The first-order chi connectivity index (χ1) is 26.3. The Kier molecular flexibility index (Phi) is 6.76. The standard InChI is InChI=1S/C50H32N2S/c1-3-11-37(12-4-1)51(39-24-21-33(22-25-39)34-23-27-44-43-16-8-10-18-49(43)53-50(44)31-34)40-26-28-41-35(29-40)19-20-36-30-46-42-15-7-9-17-47(42)52(48(46)32-45(36)41)38-13-5-2-6-14-38/h1-32H. The molecule has 0 atom stereocenters. The van der Waals surface area contributed by atoms with Crippen molar-refractivity contribution in [3.8, 4) is 16.8 Å². The van der Waals surface area contributed by atoms with E-state index in [9.17, 15) is 0 Å². The van der Waals surface area contributed by atoms with Gasteiger partial charge in [-0.15, -0.1) is 11.3 Å². The van der Waals surface area contributed by atoms with Crippen molar-refractivity contribution in [3.63, 3.8) is 0 Å². The Morgan fingerprint density at radius 2 is 0.962 bits per heavy atom. The SMILES string of the molecule is c1ccc(N(c2ccc(-c3ccc4c(c3)sc3ccccc34)cc2)c2ccc3c(ccc4cc5c6ccccc6n(-c6ccccc6)c5cc43)c2)cc1. The van der Waals surface area contributed by atoms with Gasteiger partial charge in [0.1, 0.15) is 0 Å². The zero-order valence-corrected chi connectivity index (χ0v) is 29.6. The molecule has 53 heavy (non-hydrogen) atoms. The number of anilines is 3. The number of hydrogen-bond acceptors (Lipinski definition) is 2. The maximum atomic E-state index is 2.40. The molecule has 0 saturated heterocycles. The lowest BCUT2D eigenvalue weighted by Crippen LogP contribution is -2.09. The van der Waals surface area contributed by atoms with Crippen LogP contribution in [0.25, 0.3) is 80.3 Å². The first kappa shape index (κ1) is 30.0. The fraction of sp³-hybridized carbons (Fsp3) is 0. The number of rotatable bonds is 5. The van der Waals surface area contributed by atoms with Gasteiger partial charge in [-0.05, 0) is 112 Å². The highest BCUT2D eigenvalue weighted by Gasteiger charge is 2.17. The van der Waals surface area contributed by atoms with Crippen molar-refractivity contribution >= 4 is 91.9 Å². The van der Waals surface area contributed by atoms with Crippen molar-refractivity contribution in [1.82, 2.24) is 4.57 Å². The van der Waals surface area contributed by atoms with Crippen LogP contribution in [0.1, 0.15) is 0 Å². The average molecular weight is 693 g/mol. The molecule has 0 N–H and O–H groups in total. The van der Waals surface area contributed by atoms with E-state index < -0.39 is 0 Å². The molecule has 2 nitrogen and oxygen atoms in total. The molecule has 0 amide bonds. The molecule has 3 heteroatoms. The monoisotopic (exact) mass is 692 g/mol. The van der Waals surface area contributed by atoms with E-state index in [2.05, 4.69) is 204 Å². The molecule has 11 aromatic rings. The van der Waals surface area contributed by atoms with E-state index in [1.807, 2.05) is 11.3 Å². The van der Waals surface area contributed by atoms with Crippen LogP contribution >= 0.6 is 11.3 Å². The highest BCUT2D eigenvalue weighted by molar-refractivity contribution is 7.25. The third-order valence-corrected chi connectivity index (χ3v) is 11.9. The van der Waals surface area contributed by atoms with Crippen LogP contribution in [0.2, 0.25) is 0 Å². The number of fused-ring (bicyclic) bond motifs is 9. The molecule has 0 spiro atoms. The lowest BCUT2D eigenvalue weighted by Gasteiger charge is -2.26. The van der Waals surface area contributed by atoms with Crippen molar-refractivity contribution in [2.75, 3.05) is 4.90 Å². The predicted octanol–water partition coefficient (Wildman–Crippen LogP) is 14.6. The molecule has 2 heterocycles. The number of aromatic nitrogens is 1. The maximum Gasteiger partial charge on any atom is 0.0547 e. The Morgan fingerprint density at radius 3 is 1.79 bits per heavy atom. The molecule has 11 rings (SSSR count). The summed E-state index contributed by atoms with van der Waals surface area (Å²) in [6.07, 6.45) is 0. The molecule has 0 aliphatic carbocycles. The normalized spacial score (nSPS) is 11.8. The van der Waals surface area contributed by atoms with Crippen LogP contribution in [0, 0.1) is 0 Å². The molecular formula is C50H32N2S. The summed E-state index contributed by atoms with van der Waals surface area (Å²) in [7, 11) is 0. The number of hydrogen-bond donors (Lipinski definition) is 0. The number of thiophene rings is 1. The highest BCUT2D eigenvalue weighted by atomic mass is 32.1. The van der Waals surface area contributed by atoms with Gasteiger partial charge in [-0.2, -0.15) is 0 Å². The largest absolute Gasteiger partial charge is 0.310 e. The lowest BCUT2D eigenvalue weighted by atomic mass is 9.99. The van der Waals surface area contributed by atoms with Gasteiger partial charge in [-0.1, -0.05) is 115 Å². The minimum atomic E-state index is 1.12. The van der Waals surface area contributed by atoms with Gasteiger partial charge in [0, 0.05) is 53.7 Å². The molecule has 2 aromatic heterocycles. The van der Waals surface area contributed by atoms with Crippen molar-refractivity contribution < 1.29 is 0 Å². The van der Waals surface area contributed by atoms with Crippen molar-refractivity contribution in [2.45, 2.75) is 0 Å². The summed E-state index contributed by atoms with van der Waals surface area (Å²) >= 11 is 1.87. The third kappa shape index (κ3) is 4.86. The maximum absolute atomic E-state index is 2.40. The van der Waals surface area contributed by atoms with Gasteiger partial charge < -0.3 is 9.47 Å². The first-order valence-electron chi connectivity index (χ1n) is 18.1. The second-order valence-electron chi connectivity index (χ2n) is 13.8. The Hall–Kier alpha value is -6.68. The Bertz CT molecular complexity index is 3160. The van der Waals surface area contributed by atoms with Crippen molar-refractivity contribution in [2.24, 2.45) is 0 Å². The van der Waals surface area contributed by atoms with Crippen LogP contribution in [0.4, 0.5) is 17.1 Å². The van der Waals surface area contributed by atoms with E-state index in [0.717, 1.165) is 17.1 Å². The predicted molar refractivity (Wildman–Crippen MR) is 229 cm³/mol. The van der Waals surface area contributed by atoms with Gasteiger partial charge in [0.05, 0.1) is 11.0 Å². The van der Waals surface area contributed by atoms with Crippen LogP contribution in [-0.2, 0) is 0 Å². The minimum absolute atomic E-state index is 1.12. The highest BCUT2D eigenvalue weighted by Crippen LogP contribution is 2.41. The quantitative estimate of drug-likeness (QED) is 0.163. The summed E-state index contributed by atoms with van der Waals surface area (Å²) < 4.78 is 5.06. The summed E-state index contributed by atoms with van der Waals surface area (Å²) in [5.74, 6) is 0.